The van der Waals surface area contributed by atoms with Gasteiger partial charge in [-0.05, 0) is 6.42 Å². The summed E-state index contributed by atoms with van der Waals surface area (Å²) in [5.74, 6) is -1.58. The highest BCUT2D eigenvalue weighted by Crippen LogP contribution is 2.41. The second-order valence-electron chi connectivity index (χ2n) is 5.95. The standard InChI is InChI=1S/C16H30O6Si/c1-5-6-7-8-9-10-11-12-13-14(16(18)22-15(13)17)23(19-2,20-3)21-4/h13-14H,5-12H2,1-4H3. The van der Waals surface area contributed by atoms with E-state index in [2.05, 4.69) is 6.92 Å². The van der Waals surface area contributed by atoms with Crippen molar-refractivity contribution in [1.29, 1.82) is 0 Å². The minimum absolute atomic E-state index is 0.478. The Balaban J connectivity index is 2.57. The molecule has 0 radical (unpaired) electrons. The average Bonchev–Trinajstić information content (AvgIpc) is 2.84. The fourth-order valence-electron chi connectivity index (χ4n) is 3.17. The first-order valence-electron chi connectivity index (χ1n) is 8.47. The van der Waals surface area contributed by atoms with Crippen molar-refractivity contribution in [3.05, 3.63) is 0 Å². The molecule has 2 atom stereocenters. The molecule has 0 aromatic carbocycles. The summed E-state index contributed by atoms with van der Waals surface area (Å²) in [4.78, 5) is 24.1. The molecule has 0 aromatic heterocycles. The Kier molecular flexibility index (Phi) is 8.97. The van der Waals surface area contributed by atoms with Crippen LogP contribution < -0.4 is 0 Å². The smallest absolute Gasteiger partial charge is 0.393 e. The van der Waals surface area contributed by atoms with Crippen LogP contribution in [0.4, 0.5) is 0 Å². The fraction of sp³-hybridized carbons (Fsp3) is 0.875. The van der Waals surface area contributed by atoms with Crippen LogP contribution in [0.25, 0.3) is 0 Å². The number of rotatable bonds is 12. The van der Waals surface area contributed by atoms with E-state index in [-0.39, 0.29) is 0 Å². The Morgan fingerprint density at radius 3 is 1.91 bits per heavy atom. The van der Waals surface area contributed by atoms with Gasteiger partial charge in [-0.3, -0.25) is 9.59 Å². The zero-order chi connectivity index (χ0) is 17.3. The maximum atomic E-state index is 12.1. The molecule has 0 aromatic rings. The highest BCUT2D eigenvalue weighted by molar-refractivity contribution is 6.67. The number of carbonyl (C=O) groups excluding carboxylic acids is 2. The van der Waals surface area contributed by atoms with Crippen molar-refractivity contribution in [3.63, 3.8) is 0 Å². The second-order valence-corrected chi connectivity index (χ2v) is 9.00. The monoisotopic (exact) mass is 346 g/mol. The van der Waals surface area contributed by atoms with E-state index < -0.39 is 32.2 Å². The molecule has 1 aliphatic rings. The fourth-order valence-corrected chi connectivity index (χ4v) is 5.57. The molecule has 0 aliphatic carbocycles. The first kappa shape index (κ1) is 20.3. The van der Waals surface area contributed by atoms with Crippen LogP contribution in [0.2, 0.25) is 5.54 Å². The van der Waals surface area contributed by atoms with Gasteiger partial charge in [-0.15, -0.1) is 0 Å². The molecule has 0 N–H and O–H groups in total. The van der Waals surface area contributed by atoms with Gasteiger partial charge in [-0.25, -0.2) is 0 Å². The average molecular weight is 346 g/mol. The molecule has 0 bridgehead atoms. The van der Waals surface area contributed by atoms with Gasteiger partial charge in [0.15, 0.2) is 0 Å². The largest absolute Gasteiger partial charge is 0.515 e. The molecule has 0 saturated carbocycles. The summed E-state index contributed by atoms with van der Waals surface area (Å²) in [6, 6.07) is 0. The van der Waals surface area contributed by atoms with Crippen LogP contribution in [0, 0.1) is 5.92 Å². The summed E-state index contributed by atoms with van der Waals surface area (Å²) in [5.41, 5.74) is -0.755. The first-order valence-corrected chi connectivity index (χ1v) is 10.3. The van der Waals surface area contributed by atoms with E-state index in [1.54, 1.807) is 0 Å². The Morgan fingerprint density at radius 1 is 0.870 bits per heavy atom. The van der Waals surface area contributed by atoms with Gasteiger partial charge in [0.1, 0.15) is 5.54 Å². The molecule has 1 aliphatic heterocycles. The van der Waals surface area contributed by atoms with Crippen molar-refractivity contribution in [3.8, 4) is 0 Å². The van der Waals surface area contributed by atoms with E-state index >= 15 is 0 Å². The molecule has 23 heavy (non-hydrogen) atoms. The number of esters is 2. The van der Waals surface area contributed by atoms with Crippen molar-refractivity contribution in [2.75, 3.05) is 21.3 Å². The van der Waals surface area contributed by atoms with E-state index in [1.165, 1.54) is 47.0 Å². The topological polar surface area (TPSA) is 71.1 Å². The summed E-state index contributed by atoms with van der Waals surface area (Å²) in [7, 11) is 1.10. The molecule has 1 rings (SSSR count). The molecule has 134 valence electrons. The van der Waals surface area contributed by atoms with Crippen LogP contribution in [0.1, 0.15) is 58.3 Å². The number of hydrogen-bond donors (Lipinski definition) is 0. The molecular weight excluding hydrogens is 316 g/mol. The van der Waals surface area contributed by atoms with Gasteiger partial charge in [0, 0.05) is 21.3 Å². The lowest BCUT2D eigenvalue weighted by Crippen LogP contribution is -2.51. The molecular formula is C16H30O6Si. The quantitative estimate of drug-likeness (QED) is 0.234. The molecule has 0 spiro atoms. The zero-order valence-corrected chi connectivity index (χ0v) is 15.8. The van der Waals surface area contributed by atoms with Gasteiger partial charge in [0.25, 0.3) is 0 Å². The molecule has 1 saturated heterocycles. The molecule has 6 nitrogen and oxygen atoms in total. The number of carbonyl (C=O) groups is 2. The van der Waals surface area contributed by atoms with Gasteiger partial charge in [-0.1, -0.05) is 51.9 Å². The predicted molar refractivity (Wildman–Crippen MR) is 87.7 cm³/mol. The predicted octanol–water partition coefficient (Wildman–Crippen LogP) is 3.08. The van der Waals surface area contributed by atoms with Crippen LogP contribution in [0.3, 0.4) is 0 Å². The van der Waals surface area contributed by atoms with E-state index in [9.17, 15) is 9.59 Å². The minimum Gasteiger partial charge on any atom is -0.393 e. The van der Waals surface area contributed by atoms with Crippen LogP contribution in [-0.2, 0) is 27.6 Å². The van der Waals surface area contributed by atoms with Gasteiger partial charge >= 0.3 is 20.7 Å². The van der Waals surface area contributed by atoms with Crippen LogP contribution >= 0.6 is 0 Å². The number of unbranched alkanes of at least 4 members (excludes halogenated alkanes) is 6. The van der Waals surface area contributed by atoms with E-state index in [0.717, 1.165) is 19.3 Å². The summed E-state index contributed by atoms with van der Waals surface area (Å²) in [6.45, 7) is 2.19. The summed E-state index contributed by atoms with van der Waals surface area (Å²) in [5, 5.41) is 0. The van der Waals surface area contributed by atoms with Gasteiger partial charge in [0.05, 0.1) is 5.92 Å². The maximum absolute atomic E-state index is 12.1. The van der Waals surface area contributed by atoms with E-state index in [4.69, 9.17) is 18.0 Å². The molecule has 0 amide bonds. The third kappa shape index (κ3) is 5.10. The van der Waals surface area contributed by atoms with Crippen LogP contribution in [0.5, 0.6) is 0 Å². The molecule has 1 fully saturated rings. The summed E-state index contributed by atoms with van der Waals surface area (Å²) in [6.07, 6.45) is 8.68. The minimum atomic E-state index is -3.23. The third-order valence-corrected chi connectivity index (χ3v) is 7.62. The van der Waals surface area contributed by atoms with Crippen molar-refractivity contribution in [2.24, 2.45) is 5.92 Å². The number of ether oxygens (including phenoxy) is 1. The van der Waals surface area contributed by atoms with E-state index in [0.29, 0.717) is 6.42 Å². The van der Waals surface area contributed by atoms with Crippen molar-refractivity contribution < 1.29 is 27.6 Å². The molecule has 2 unspecified atom stereocenters. The highest BCUT2D eigenvalue weighted by Gasteiger charge is 2.62. The third-order valence-electron chi connectivity index (χ3n) is 4.51. The zero-order valence-electron chi connectivity index (χ0n) is 14.8. The molecule has 7 heteroatoms. The Labute approximate surface area is 140 Å². The lowest BCUT2D eigenvalue weighted by atomic mass is 9.98. The Hall–Kier alpha value is -0.763. The Morgan fingerprint density at radius 2 is 1.39 bits per heavy atom. The van der Waals surface area contributed by atoms with E-state index in [1.807, 2.05) is 0 Å². The van der Waals surface area contributed by atoms with Gasteiger partial charge in [-0.2, -0.15) is 0 Å². The maximum Gasteiger partial charge on any atom is 0.515 e. The first-order chi connectivity index (χ1) is 11.1. The lowest BCUT2D eigenvalue weighted by molar-refractivity contribution is -0.153. The van der Waals surface area contributed by atoms with Crippen LogP contribution in [-0.4, -0.2) is 42.1 Å². The Bertz CT molecular complexity index is 375. The van der Waals surface area contributed by atoms with Crippen molar-refractivity contribution in [2.45, 2.75) is 63.8 Å². The van der Waals surface area contributed by atoms with Gasteiger partial charge in [0.2, 0.25) is 0 Å². The van der Waals surface area contributed by atoms with Crippen molar-refractivity contribution in [1.82, 2.24) is 0 Å². The molecule has 1 heterocycles. The SMILES string of the molecule is CCCCCCCCCC1C(=O)OC(=O)C1[Si](OC)(OC)OC. The highest BCUT2D eigenvalue weighted by atomic mass is 28.4. The number of hydrogen-bond acceptors (Lipinski definition) is 6. The number of cyclic esters (lactones) is 2. The second kappa shape index (κ2) is 10.2. The lowest BCUT2D eigenvalue weighted by Gasteiger charge is -2.29. The normalized spacial score (nSPS) is 21.7. The summed E-state index contributed by atoms with van der Waals surface area (Å²) < 4.78 is 21.0. The van der Waals surface area contributed by atoms with Crippen molar-refractivity contribution >= 4 is 20.7 Å². The van der Waals surface area contributed by atoms with Crippen LogP contribution in [0.15, 0.2) is 0 Å². The van der Waals surface area contributed by atoms with Gasteiger partial charge < -0.3 is 18.0 Å². The summed E-state index contributed by atoms with van der Waals surface area (Å²) >= 11 is 0.